The largest absolute Gasteiger partial charge is 0.370 e. The van der Waals surface area contributed by atoms with Gasteiger partial charge in [-0.15, -0.1) is 0 Å². The average molecular weight is 323 g/mol. The van der Waals surface area contributed by atoms with Gasteiger partial charge < -0.3 is 10.6 Å². The molecule has 2 aromatic rings. The molecule has 0 heterocycles. The normalized spacial score (nSPS) is 11.6. The Bertz CT molecular complexity index is 677. The molecule has 3 N–H and O–H groups in total. The molecule has 0 fully saturated rings. The van der Waals surface area contributed by atoms with Crippen LogP contribution < -0.4 is 10.6 Å². The molecule has 0 saturated heterocycles. The van der Waals surface area contributed by atoms with E-state index in [1.165, 1.54) is 11.1 Å². The monoisotopic (exact) mass is 323 g/mol. The second-order valence-electron chi connectivity index (χ2n) is 7.66. The van der Waals surface area contributed by atoms with E-state index in [0.717, 1.165) is 11.3 Å². The summed E-state index contributed by atoms with van der Waals surface area (Å²) >= 11 is 0. The molecule has 3 nitrogen and oxygen atoms in total. The zero-order valence-electron chi connectivity index (χ0n) is 15.4. The van der Waals surface area contributed by atoms with Crippen LogP contribution in [0.25, 0.3) is 0 Å². The van der Waals surface area contributed by atoms with Crippen LogP contribution in [-0.4, -0.2) is 5.96 Å². The van der Waals surface area contributed by atoms with Crippen LogP contribution in [0.1, 0.15) is 57.2 Å². The lowest BCUT2D eigenvalue weighted by molar-refractivity contribution is 0.590. The molecule has 2 aromatic carbocycles. The van der Waals surface area contributed by atoms with Crippen LogP contribution in [0.2, 0.25) is 0 Å². The van der Waals surface area contributed by atoms with Crippen LogP contribution in [0.15, 0.2) is 48.5 Å². The quantitative estimate of drug-likeness (QED) is 0.614. The third-order valence-electron chi connectivity index (χ3n) is 4.32. The number of hydrogen-bond acceptors (Lipinski definition) is 1. The summed E-state index contributed by atoms with van der Waals surface area (Å²) in [5, 5.41) is 7.92. The van der Waals surface area contributed by atoms with Gasteiger partial charge >= 0.3 is 0 Å². The minimum atomic E-state index is 0.0622. The van der Waals surface area contributed by atoms with Gasteiger partial charge in [0, 0.05) is 5.69 Å². The molecular formula is C21H29N3. The minimum absolute atomic E-state index is 0.0622. The molecule has 0 saturated carbocycles. The van der Waals surface area contributed by atoms with Crippen molar-refractivity contribution < 1.29 is 0 Å². The van der Waals surface area contributed by atoms with Crippen molar-refractivity contribution in [2.75, 3.05) is 4.90 Å². The van der Waals surface area contributed by atoms with Gasteiger partial charge in [-0.05, 0) is 40.2 Å². The highest BCUT2D eigenvalue weighted by molar-refractivity contribution is 5.92. The van der Waals surface area contributed by atoms with Gasteiger partial charge in [0.15, 0.2) is 5.96 Å². The van der Waals surface area contributed by atoms with Crippen LogP contribution >= 0.6 is 0 Å². The van der Waals surface area contributed by atoms with Gasteiger partial charge in [-0.1, -0.05) is 71.0 Å². The number of hydrogen-bond donors (Lipinski definition) is 2. The first-order chi connectivity index (χ1) is 11.2. The summed E-state index contributed by atoms with van der Waals surface area (Å²) in [6, 6.07) is 16.9. The van der Waals surface area contributed by atoms with Gasteiger partial charge in [0.2, 0.25) is 0 Å². The number of nitrogens with zero attached hydrogens (tertiary/aromatic N) is 1. The van der Waals surface area contributed by atoms with E-state index in [-0.39, 0.29) is 11.4 Å². The van der Waals surface area contributed by atoms with E-state index in [9.17, 15) is 0 Å². The standard InChI is InChI=1S/C21H29N3/c1-15(2)17-8-12-19(13-9-17)24(20(22)23)14-16-6-10-18(11-7-16)21(3,4)5/h6-13,15H,14H2,1-5H3,(H3,22,23). The summed E-state index contributed by atoms with van der Waals surface area (Å²) in [7, 11) is 0. The van der Waals surface area contributed by atoms with Crippen molar-refractivity contribution in [2.24, 2.45) is 5.73 Å². The molecule has 128 valence electrons. The van der Waals surface area contributed by atoms with Gasteiger partial charge in [0.1, 0.15) is 0 Å². The van der Waals surface area contributed by atoms with E-state index in [4.69, 9.17) is 11.1 Å². The Morgan fingerprint density at radius 3 is 1.96 bits per heavy atom. The SMILES string of the molecule is CC(C)c1ccc(N(Cc2ccc(C(C)(C)C)cc2)C(=N)N)cc1. The Kier molecular flexibility index (Phi) is 5.33. The van der Waals surface area contributed by atoms with Crippen molar-refractivity contribution in [3.05, 3.63) is 65.2 Å². The molecule has 0 unspecified atom stereocenters. The molecule has 24 heavy (non-hydrogen) atoms. The van der Waals surface area contributed by atoms with Gasteiger partial charge in [-0.2, -0.15) is 0 Å². The van der Waals surface area contributed by atoms with E-state index in [1.54, 1.807) is 0 Å². The molecule has 0 aromatic heterocycles. The van der Waals surface area contributed by atoms with E-state index in [2.05, 4.69) is 71.0 Å². The van der Waals surface area contributed by atoms with Gasteiger partial charge in [0.05, 0.1) is 6.54 Å². The van der Waals surface area contributed by atoms with Gasteiger partial charge in [-0.25, -0.2) is 0 Å². The Balaban J connectivity index is 2.21. The second-order valence-corrected chi connectivity index (χ2v) is 7.66. The molecule has 0 aliphatic carbocycles. The Labute approximate surface area is 146 Å². The molecule has 0 bridgehead atoms. The molecule has 3 heteroatoms. The maximum atomic E-state index is 7.92. The first-order valence-electron chi connectivity index (χ1n) is 8.49. The molecule has 0 aliphatic heterocycles. The fraction of sp³-hybridized carbons (Fsp3) is 0.381. The predicted octanol–water partition coefficient (Wildman–Crippen LogP) is 5.01. The van der Waals surface area contributed by atoms with E-state index in [1.807, 2.05) is 17.0 Å². The Hall–Kier alpha value is -2.29. The van der Waals surface area contributed by atoms with Crippen LogP contribution in [0.3, 0.4) is 0 Å². The third-order valence-corrected chi connectivity index (χ3v) is 4.32. The summed E-state index contributed by atoms with van der Waals surface area (Å²) in [6.45, 7) is 11.6. The van der Waals surface area contributed by atoms with E-state index < -0.39 is 0 Å². The smallest absolute Gasteiger partial charge is 0.193 e. The highest BCUT2D eigenvalue weighted by atomic mass is 15.2. The topological polar surface area (TPSA) is 53.1 Å². The Morgan fingerprint density at radius 2 is 1.54 bits per heavy atom. The summed E-state index contributed by atoms with van der Waals surface area (Å²) in [5.74, 6) is 0.557. The highest BCUT2D eigenvalue weighted by Crippen LogP contribution is 2.24. The third kappa shape index (κ3) is 4.38. The molecular weight excluding hydrogens is 294 g/mol. The lowest BCUT2D eigenvalue weighted by atomic mass is 9.87. The number of rotatable bonds is 4. The Morgan fingerprint density at radius 1 is 1.00 bits per heavy atom. The summed E-state index contributed by atoms with van der Waals surface area (Å²) in [5.41, 5.74) is 10.7. The number of anilines is 1. The molecule has 0 spiro atoms. The van der Waals surface area contributed by atoms with Crippen molar-refractivity contribution in [1.82, 2.24) is 0 Å². The number of nitrogens with one attached hydrogen (secondary N) is 1. The second kappa shape index (κ2) is 7.08. The van der Waals surface area contributed by atoms with Crippen molar-refractivity contribution in [3.8, 4) is 0 Å². The molecule has 0 aliphatic rings. The first kappa shape index (κ1) is 18.1. The summed E-state index contributed by atoms with van der Waals surface area (Å²) in [4.78, 5) is 1.83. The number of benzene rings is 2. The van der Waals surface area contributed by atoms with Crippen molar-refractivity contribution in [2.45, 2.75) is 52.5 Å². The molecule has 0 radical (unpaired) electrons. The van der Waals surface area contributed by atoms with Gasteiger partial charge in [-0.3, -0.25) is 5.41 Å². The zero-order valence-corrected chi connectivity index (χ0v) is 15.4. The summed E-state index contributed by atoms with van der Waals surface area (Å²) in [6.07, 6.45) is 0. The number of nitrogens with two attached hydrogens (primary N) is 1. The predicted molar refractivity (Wildman–Crippen MR) is 104 cm³/mol. The van der Waals surface area contributed by atoms with Gasteiger partial charge in [0.25, 0.3) is 0 Å². The fourth-order valence-electron chi connectivity index (χ4n) is 2.65. The van der Waals surface area contributed by atoms with E-state index >= 15 is 0 Å². The van der Waals surface area contributed by atoms with Crippen molar-refractivity contribution >= 4 is 11.6 Å². The highest BCUT2D eigenvalue weighted by Gasteiger charge is 2.15. The van der Waals surface area contributed by atoms with Crippen LogP contribution in [0.4, 0.5) is 5.69 Å². The van der Waals surface area contributed by atoms with Crippen molar-refractivity contribution in [1.29, 1.82) is 5.41 Å². The lowest BCUT2D eigenvalue weighted by Gasteiger charge is -2.24. The maximum absolute atomic E-state index is 7.92. The summed E-state index contributed by atoms with van der Waals surface area (Å²) < 4.78 is 0. The molecule has 0 amide bonds. The number of guanidine groups is 1. The van der Waals surface area contributed by atoms with Crippen LogP contribution in [-0.2, 0) is 12.0 Å². The maximum Gasteiger partial charge on any atom is 0.193 e. The first-order valence-corrected chi connectivity index (χ1v) is 8.49. The van der Waals surface area contributed by atoms with E-state index in [0.29, 0.717) is 12.5 Å². The fourth-order valence-corrected chi connectivity index (χ4v) is 2.65. The van der Waals surface area contributed by atoms with Crippen LogP contribution in [0.5, 0.6) is 0 Å². The lowest BCUT2D eigenvalue weighted by Crippen LogP contribution is -2.35. The zero-order chi connectivity index (χ0) is 17.9. The molecule has 2 rings (SSSR count). The average Bonchev–Trinajstić information content (AvgIpc) is 2.52. The minimum Gasteiger partial charge on any atom is -0.370 e. The van der Waals surface area contributed by atoms with Crippen LogP contribution in [0, 0.1) is 5.41 Å². The van der Waals surface area contributed by atoms with Crippen molar-refractivity contribution in [3.63, 3.8) is 0 Å². The molecule has 0 atom stereocenters.